The Hall–Kier alpha value is -5.09. The van der Waals surface area contributed by atoms with E-state index < -0.39 is 0 Å². The van der Waals surface area contributed by atoms with Crippen LogP contribution in [0, 0.1) is 0 Å². The predicted octanol–water partition coefficient (Wildman–Crippen LogP) is 4.00. The van der Waals surface area contributed by atoms with Crippen molar-refractivity contribution in [3.8, 4) is 0 Å². The van der Waals surface area contributed by atoms with E-state index in [9.17, 15) is 0 Å². The van der Waals surface area contributed by atoms with Crippen LogP contribution >= 0.6 is 0 Å². The van der Waals surface area contributed by atoms with Gasteiger partial charge in [-0.15, -0.1) is 0 Å². The minimum atomic E-state index is -0.0471. The summed E-state index contributed by atoms with van der Waals surface area (Å²) in [6.45, 7) is 15.2. The molecule has 1 aromatic heterocycles. The van der Waals surface area contributed by atoms with Crippen LogP contribution in [0.4, 0.5) is 68.2 Å². The van der Waals surface area contributed by atoms with Crippen molar-refractivity contribution in [2.75, 3.05) is 19.6 Å². The molecule has 0 fully saturated rings. The number of rotatable bonds is 0. The average molecular weight is 1260 g/mol. The van der Waals surface area contributed by atoms with Crippen molar-refractivity contribution in [2.45, 2.75) is 52.4 Å². The van der Waals surface area contributed by atoms with Gasteiger partial charge in [0.25, 0.3) is 0 Å². The zero-order valence-corrected chi connectivity index (χ0v) is 49.3. The van der Waals surface area contributed by atoms with Gasteiger partial charge in [-0.05, 0) is 0 Å². The maximum absolute atomic E-state index is 2.89. The second-order valence-electron chi connectivity index (χ2n) is 23.1. The van der Waals surface area contributed by atoms with Crippen LogP contribution in [0.2, 0.25) is 0 Å². The molecule has 0 atom stereocenters. The molecule has 0 spiro atoms. The van der Waals surface area contributed by atoms with Crippen LogP contribution in [0.3, 0.4) is 0 Å². The number of anilines is 12. The number of hydrogen-bond acceptors (Lipinski definition) is 4. The van der Waals surface area contributed by atoms with Gasteiger partial charge in [0.2, 0.25) is 0 Å². The van der Waals surface area contributed by atoms with Gasteiger partial charge in [-0.25, -0.2) is 0 Å². The van der Waals surface area contributed by atoms with Crippen molar-refractivity contribution in [3.05, 3.63) is 142 Å². The normalized spacial score (nSPS) is 16.2. The van der Waals surface area contributed by atoms with Gasteiger partial charge in [0, 0.05) is 0 Å². The molecule has 4 nitrogen and oxygen atoms in total. The minimum absolute atomic E-state index is 0.0471. The van der Waals surface area contributed by atoms with E-state index >= 15 is 0 Å². The summed E-state index contributed by atoms with van der Waals surface area (Å²) in [7, 11) is 0. The van der Waals surface area contributed by atoms with Crippen LogP contribution < -0.4 is 88.1 Å². The van der Waals surface area contributed by atoms with E-state index in [2.05, 4.69) is 195 Å². The Morgan fingerprint density at radius 2 is 0.753 bits per heavy atom. The van der Waals surface area contributed by atoms with Crippen molar-refractivity contribution < 1.29 is 0 Å². The number of fused-ring (bicyclic) bond motifs is 13. The Kier molecular flexibility index (Phi) is 7.50. The summed E-state index contributed by atoms with van der Waals surface area (Å²) < 4.78 is 15.5. The van der Waals surface area contributed by atoms with Crippen molar-refractivity contribution in [1.82, 2.24) is 0 Å². The summed E-state index contributed by atoms with van der Waals surface area (Å²) in [4.78, 5) is 11.4. The van der Waals surface area contributed by atoms with Crippen LogP contribution in [0.25, 0.3) is 21.5 Å². The topological polar surface area (TPSA) is 13.0 Å². The summed E-state index contributed by atoms with van der Waals surface area (Å²) in [5.41, 5.74) is 26.2. The summed E-state index contributed by atoms with van der Waals surface area (Å²) >= 11 is 0.889. The number of para-hydroxylation sites is 2. The third-order valence-electron chi connectivity index (χ3n) is 17.1. The van der Waals surface area contributed by atoms with E-state index in [1.807, 2.05) is 0 Å². The molecule has 0 radical (unpaired) electrons. The molecule has 73 heavy (non-hydrogen) atoms. The van der Waals surface area contributed by atoms with Gasteiger partial charge < -0.3 is 0 Å². The molecule has 9 aliphatic heterocycles. The van der Waals surface area contributed by atoms with Crippen LogP contribution in [-0.2, 0) is 10.8 Å². The van der Waals surface area contributed by atoms with Gasteiger partial charge in [0.1, 0.15) is 0 Å². The fourth-order valence-corrected chi connectivity index (χ4v) is 28.0. The first kappa shape index (κ1) is 41.2. The summed E-state index contributed by atoms with van der Waals surface area (Å²) in [6, 6.07) is 54.0. The third-order valence-corrected chi connectivity index (χ3v) is 30.8. The van der Waals surface area contributed by atoms with E-state index in [-0.39, 0.29) is 98.6 Å². The Morgan fingerprint density at radius 3 is 1.19 bits per heavy atom. The summed E-state index contributed by atoms with van der Waals surface area (Å²) in [6.07, 6.45) is 0. The number of benzene rings is 9. The fraction of sp³-hybridized carbons (Fsp3) is 0.129. The first-order valence-corrected chi connectivity index (χ1v) is 34.1. The zero-order chi connectivity index (χ0) is 48.0. The molecule has 0 bridgehead atoms. The molecular formula is C62H40B2N4Se5. The number of hydrogen-bond donors (Lipinski definition) is 0. The molecule has 10 aromatic rings. The van der Waals surface area contributed by atoms with E-state index in [1.54, 1.807) is 17.8 Å². The van der Waals surface area contributed by atoms with E-state index in [4.69, 9.17) is 0 Å². The molecule has 0 amide bonds. The van der Waals surface area contributed by atoms with E-state index in [0.717, 1.165) is 0 Å². The maximum atomic E-state index is 2.89. The van der Waals surface area contributed by atoms with Gasteiger partial charge in [-0.2, -0.15) is 0 Å². The van der Waals surface area contributed by atoms with Crippen molar-refractivity contribution in [2.24, 2.45) is 0 Å². The van der Waals surface area contributed by atoms with Crippen LogP contribution in [0.15, 0.2) is 133 Å². The first-order valence-electron chi connectivity index (χ1n) is 25.5. The fourth-order valence-electron chi connectivity index (χ4n) is 14.5. The molecule has 9 aliphatic rings. The van der Waals surface area contributed by atoms with Gasteiger partial charge in [0.05, 0.1) is 0 Å². The van der Waals surface area contributed by atoms with E-state index in [0.29, 0.717) is 0 Å². The molecule has 0 saturated carbocycles. The van der Waals surface area contributed by atoms with E-state index in [1.165, 1.54) is 149 Å². The first-order chi connectivity index (χ1) is 35.5. The second kappa shape index (κ2) is 13.3. The molecule has 10 heterocycles. The van der Waals surface area contributed by atoms with Crippen molar-refractivity contribution in [3.63, 3.8) is 0 Å². The van der Waals surface area contributed by atoms with Crippen LogP contribution in [0.5, 0.6) is 0 Å². The van der Waals surface area contributed by atoms with Gasteiger partial charge in [-0.1, -0.05) is 0 Å². The second-order valence-corrected chi connectivity index (χ2v) is 34.2. The molecule has 9 aromatic carbocycles. The van der Waals surface area contributed by atoms with Crippen LogP contribution in [0.1, 0.15) is 50.4 Å². The molecule has 0 N–H and O–H groups in total. The predicted molar refractivity (Wildman–Crippen MR) is 317 cm³/mol. The zero-order valence-electron chi connectivity index (χ0n) is 40.7. The van der Waals surface area contributed by atoms with Gasteiger partial charge in [-0.3, -0.25) is 0 Å². The Labute approximate surface area is 456 Å². The molecule has 344 valence electrons. The molecule has 0 aliphatic carbocycles. The molecular weight excluding hydrogens is 1220 g/mol. The van der Waals surface area contributed by atoms with Crippen molar-refractivity contribution in [1.29, 1.82) is 0 Å². The number of nitrogens with zero attached hydrogens (tertiary/aromatic N) is 4. The molecule has 0 unspecified atom stereocenters. The standard InChI is InChI=1S/C62H40B2N4Se5/c1-61(2,3)59-55-56(60(73-59)62(4,5)6)66-38-24-26-44-54-46(38)64(36-28-30-14-8-10-16-32(30)58-50(36)68(54)52-40(70-44)18-12-20-42(52)72-58)34-22-21-33-47(48(34)66)65(55)37-23-25-43-53-45(37)63(33)35-27-29-13-7-9-15-31(29)57-49(35)67(53)51-39(69-43)17-11-19-41(51)71-57/h7-28H,1-6H3. The Bertz CT molecular complexity index is 4150. The monoisotopic (exact) mass is 1260 g/mol. The third kappa shape index (κ3) is 4.74. The SMILES string of the molecule is CC(C)(C)c1[se]c(C(C)(C)C)c2c1N1c3ccc4c5c3B(c3ccc6c(c31)N2c1ccc2c3c1B6c1cc6ccccc6c6c1N3c1c(cccc1[Se]6)[Se]2)c1cc2ccccc2c2c1N5c1c(cccc1[Se]2)[Se]4. The Balaban J connectivity index is 0.986. The Morgan fingerprint density at radius 1 is 0.342 bits per heavy atom. The average Bonchev–Trinajstić information content (AvgIpc) is 3.82. The van der Waals surface area contributed by atoms with Gasteiger partial charge in [0.15, 0.2) is 0 Å². The molecule has 11 heteroatoms. The quantitative estimate of drug-likeness (QED) is 0.213. The molecule has 0 saturated heterocycles. The summed E-state index contributed by atoms with van der Waals surface area (Å²) in [5, 5.41) is 5.58. The summed E-state index contributed by atoms with van der Waals surface area (Å²) in [5.74, 6) is 0. The molecule has 19 rings (SSSR count). The van der Waals surface area contributed by atoms with Gasteiger partial charge >= 0.3 is 460 Å². The van der Waals surface area contributed by atoms with Crippen molar-refractivity contribution >= 4 is 246 Å². The van der Waals surface area contributed by atoms with Crippen LogP contribution in [-0.4, -0.2) is 87.8 Å².